The number of aryl methyl sites for hydroxylation is 1. The number of benzene rings is 1. The Labute approximate surface area is 93.5 Å². The molecule has 3 nitrogen and oxygen atoms in total. The highest BCUT2D eigenvalue weighted by Gasteiger charge is 2.32. The van der Waals surface area contributed by atoms with Crippen molar-refractivity contribution in [3.05, 3.63) is 35.1 Å². The van der Waals surface area contributed by atoms with Crippen molar-refractivity contribution in [2.45, 2.75) is 13.5 Å². The number of halogens is 1. The summed E-state index contributed by atoms with van der Waals surface area (Å²) in [4.78, 5) is 12.6. The fourth-order valence-corrected chi connectivity index (χ4v) is 1.91. The molecular weight excluding hydrogens is 209 g/mol. The monoisotopic (exact) mass is 223 g/mol. The topological polar surface area (TPSA) is 40.5 Å². The largest absolute Gasteiger partial charge is 0.481 e. The maximum Gasteiger partial charge on any atom is 0.309 e. The van der Waals surface area contributed by atoms with Crippen molar-refractivity contribution < 1.29 is 14.3 Å². The van der Waals surface area contributed by atoms with Crippen molar-refractivity contribution >= 4 is 5.97 Å². The number of carboxylic acid groups (broad SMARTS) is 1. The third-order valence-electron chi connectivity index (χ3n) is 3.01. The van der Waals surface area contributed by atoms with Gasteiger partial charge in [0.25, 0.3) is 0 Å². The van der Waals surface area contributed by atoms with Gasteiger partial charge in [-0.25, -0.2) is 4.39 Å². The number of likely N-dealkylation sites (tertiary alicyclic amines) is 1. The third kappa shape index (κ3) is 2.22. The maximum atomic E-state index is 13.0. The molecule has 1 fully saturated rings. The molecule has 1 aromatic rings. The number of nitrogens with zero attached hydrogens (tertiary/aromatic N) is 1. The second kappa shape index (κ2) is 4.22. The highest BCUT2D eigenvalue weighted by molar-refractivity contribution is 5.71. The van der Waals surface area contributed by atoms with Crippen LogP contribution in [0.15, 0.2) is 18.2 Å². The summed E-state index contributed by atoms with van der Waals surface area (Å²) in [7, 11) is 0. The Bertz CT molecular complexity index is 413. The van der Waals surface area contributed by atoms with Crippen molar-refractivity contribution in [1.29, 1.82) is 0 Å². The third-order valence-corrected chi connectivity index (χ3v) is 3.01. The Hall–Kier alpha value is -1.42. The fraction of sp³-hybridized carbons (Fsp3) is 0.417. The van der Waals surface area contributed by atoms with E-state index in [4.69, 9.17) is 5.11 Å². The molecule has 2 rings (SSSR count). The molecule has 86 valence electrons. The Balaban J connectivity index is 1.96. The van der Waals surface area contributed by atoms with Gasteiger partial charge >= 0.3 is 5.97 Å². The molecule has 1 aliphatic rings. The molecule has 0 aromatic heterocycles. The first-order chi connectivity index (χ1) is 7.56. The molecular formula is C12H14FNO2. The molecule has 0 bridgehead atoms. The predicted octanol–water partition coefficient (Wildman–Crippen LogP) is 1.65. The predicted molar refractivity (Wildman–Crippen MR) is 57.5 cm³/mol. The van der Waals surface area contributed by atoms with Crippen molar-refractivity contribution in [3.63, 3.8) is 0 Å². The van der Waals surface area contributed by atoms with Gasteiger partial charge in [0, 0.05) is 19.6 Å². The van der Waals surface area contributed by atoms with Crippen LogP contribution in [-0.2, 0) is 11.3 Å². The Morgan fingerprint density at radius 3 is 2.88 bits per heavy atom. The molecule has 1 N–H and O–H groups in total. The minimum Gasteiger partial charge on any atom is -0.481 e. The molecule has 0 saturated carbocycles. The van der Waals surface area contributed by atoms with Crippen molar-refractivity contribution in [1.82, 2.24) is 4.90 Å². The Morgan fingerprint density at radius 1 is 1.56 bits per heavy atom. The van der Waals surface area contributed by atoms with E-state index in [9.17, 15) is 9.18 Å². The molecule has 4 heteroatoms. The first-order valence-corrected chi connectivity index (χ1v) is 5.26. The summed E-state index contributed by atoms with van der Waals surface area (Å²) in [5.41, 5.74) is 1.98. The number of rotatable bonds is 3. The van der Waals surface area contributed by atoms with Gasteiger partial charge in [-0.05, 0) is 30.2 Å². The van der Waals surface area contributed by atoms with Crippen LogP contribution in [0.25, 0.3) is 0 Å². The van der Waals surface area contributed by atoms with Crippen molar-refractivity contribution in [3.8, 4) is 0 Å². The summed E-state index contributed by atoms with van der Waals surface area (Å²) in [5, 5.41) is 8.73. The Kier molecular flexibility index (Phi) is 2.92. The van der Waals surface area contributed by atoms with E-state index in [0.717, 1.165) is 11.1 Å². The normalized spacial score (nSPS) is 17.1. The summed E-state index contributed by atoms with van der Waals surface area (Å²) in [6, 6.07) is 4.71. The van der Waals surface area contributed by atoms with E-state index in [1.165, 1.54) is 12.1 Å². The van der Waals surface area contributed by atoms with E-state index < -0.39 is 5.97 Å². The van der Waals surface area contributed by atoms with Crippen molar-refractivity contribution in [2.75, 3.05) is 13.1 Å². The lowest BCUT2D eigenvalue weighted by Crippen LogP contribution is -2.49. The first kappa shape index (κ1) is 11.1. The molecule has 0 unspecified atom stereocenters. The van der Waals surface area contributed by atoms with E-state index in [2.05, 4.69) is 0 Å². The standard InChI is InChI=1S/C12H14FNO2/c1-8-2-3-11(13)4-9(8)5-14-6-10(7-14)12(15)16/h2-4,10H,5-7H2,1H3,(H,15,16). The molecule has 0 spiro atoms. The van der Waals surface area contributed by atoms with Crippen LogP contribution in [0.3, 0.4) is 0 Å². The number of hydrogen-bond acceptors (Lipinski definition) is 2. The molecule has 0 atom stereocenters. The van der Waals surface area contributed by atoms with E-state index in [-0.39, 0.29) is 11.7 Å². The molecule has 0 amide bonds. The summed E-state index contributed by atoms with van der Waals surface area (Å²) in [6.07, 6.45) is 0. The van der Waals surface area contributed by atoms with Crippen LogP contribution in [0, 0.1) is 18.7 Å². The van der Waals surface area contributed by atoms with Crippen LogP contribution in [0.2, 0.25) is 0 Å². The van der Waals surface area contributed by atoms with Gasteiger partial charge in [-0.3, -0.25) is 9.69 Å². The molecule has 16 heavy (non-hydrogen) atoms. The summed E-state index contributed by atoms with van der Waals surface area (Å²) in [6.45, 7) is 3.69. The molecule has 1 saturated heterocycles. The second-order valence-electron chi connectivity index (χ2n) is 4.30. The number of aliphatic carboxylic acids is 1. The molecule has 1 aliphatic heterocycles. The van der Waals surface area contributed by atoms with Gasteiger partial charge in [-0.2, -0.15) is 0 Å². The van der Waals surface area contributed by atoms with Crippen molar-refractivity contribution in [2.24, 2.45) is 5.92 Å². The SMILES string of the molecule is Cc1ccc(F)cc1CN1CC(C(=O)O)C1. The van der Waals surface area contributed by atoms with Gasteiger partial charge in [0.1, 0.15) is 5.82 Å². The highest BCUT2D eigenvalue weighted by atomic mass is 19.1. The van der Waals surface area contributed by atoms with Crippen LogP contribution in [0.1, 0.15) is 11.1 Å². The maximum absolute atomic E-state index is 13.0. The second-order valence-corrected chi connectivity index (χ2v) is 4.30. The lowest BCUT2D eigenvalue weighted by atomic mass is 9.98. The lowest BCUT2D eigenvalue weighted by Gasteiger charge is -2.36. The molecule has 0 aliphatic carbocycles. The van der Waals surface area contributed by atoms with Gasteiger partial charge in [0.15, 0.2) is 0 Å². The first-order valence-electron chi connectivity index (χ1n) is 5.26. The van der Waals surface area contributed by atoms with Gasteiger partial charge in [-0.1, -0.05) is 6.07 Å². The summed E-state index contributed by atoms with van der Waals surface area (Å²) in [5.74, 6) is -1.24. The fourth-order valence-electron chi connectivity index (χ4n) is 1.91. The van der Waals surface area contributed by atoms with Gasteiger partial charge in [0.2, 0.25) is 0 Å². The lowest BCUT2D eigenvalue weighted by molar-refractivity contribution is -0.147. The zero-order valence-corrected chi connectivity index (χ0v) is 9.11. The quantitative estimate of drug-likeness (QED) is 0.847. The average molecular weight is 223 g/mol. The molecule has 0 radical (unpaired) electrons. The molecule has 1 aromatic carbocycles. The number of hydrogen-bond donors (Lipinski definition) is 1. The van der Waals surface area contributed by atoms with Crippen LogP contribution in [-0.4, -0.2) is 29.1 Å². The zero-order valence-electron chi connectivity index (χ0n) is 9.11. The molecule has 1 heterocycles. The average Bonchev–Trinajstić information content (AvgIpc) is 2.15. The highest BCUT2D eigenvalue weighted by Crippen LogP contribution is 2.20. The number of carboxylic acids is 1. The van der Waals surface area contributed by atoms with Gasteiger partial charge in [0.05, 0.1) is 5.92 Å². The smallest absolute Gasteiger partial charge is 0.309 e. The van der Waals surface area contributed by atoms with E-state index in [0.29, 0.717) is 19.6 Å². The number of carbonyl (C=O) groups is 1. The summed E-state index contributed by atoms with van der Waals surface area (Å²) < 4.78 is 13.0. The zero-order chi connectivity index (χ0) is 11.7. The minimum atomic E-state index is -0.743. The Morgan fingerprint density at radius 2 is 2.25 bits per heavy atom. The van der Waals surface area contributed by atoms with Crippen LogP contribution < -0.4 is 0 Å². The minimum absolute atomic E-state index is 0.240. The summed E-state index contributed by atoms with van der Waals surface area (Å²) >= 11 is 0. The van der Waals surface area contributed by atoms with Crippen LogP contribution in [0.4, 0.5) is 4.39 Å². The van der Waals surface area contributed by atoms with E-state index in [1.54, 1.807) is 6.07 Å². The van der Waals surface area contributed by atoms with Crippen LogP contribution >= 0.6 is 0 Å². The van der Waals surface area contributed by atoms with Gasteiger partial charge < -0.3 is 5.11 Å². The van der Waals surface area contributed by atoms with Crippen LogP contribution in [0.5, 0.6) is 0 Å². The van der Waals surface area contributed by atoms with Gasteiger partial charge in [-0.15, -0.1) is 0 Å². The van der Waals surface area contributed by atoms with E-state index in [1.807, 2.05) is 11.8 Å². The van der Waals surface area contributed by atoms with E-state index >= 15 is 0 Å².